The third-order valence-corrected chi connectivity index (χ3v) is 15.1. The first-order chi connectivity index (χ1) is 32.7. The number of anilines is 1. The zero-order valence-corrected chi connectivity index (χ0v) is 38.8. The minimum Gasteiger partial charge on any atom is -0.481 e. The third-order valence-electron chi connectivity index (χ3n) is 15.1. The summed E-state index contributed by atoms with van der Waals surface area (Å²) in [5.74, 6) is -5.18. The van der Waals surface area contributed by atoms with Crippen molar-refractivity contribution in [2.75, 3.05) is 18.5 Å². The van der Waals surface area contributed by atoms with E-state index in [9.17, 15) is 48.6 Å². The van der Waals surface area contributed by atoms with Crippen LogP contribution in [0.3, 0.4) is 0 Å². The first kappa shape index (κ1) is 49.2. The van der Waals surface area contributed by atoms with E-state index in [4.69, 9.17) is 19.3 Å². The van der Waals surface area contributed by atoms with Gasteiger partial charge in [0.15, 0.2) is 24.3 Å². The summed E-state index contributed by atoms with van der Waals surface area (Å²) in [5.41, 5.74) is 1.07. The maximum atomic E-state index is 14.5. The highest BCUT2D eigenvalue weighted by Gasteiger charge is 2.74. The number of carbonyl (C=O) groups is 8. The number of Topliss-reactive ketones (excluding diaryl/α,β-unsaturated/α-hetero) is 1. The van der Waals surface area contributed by atoms with Crippen LogP contribution in [0.4, 0.5) is 5.69 Å². The molecule has 2 aliphatic heterocycles. The number of hydrogen-bond acceptors (Lipinski definition) is 14. The number of carboxylic acids is 1. The minimum atomic E-state index is -1.54. The molecule has 18 heteroatoms. The van der Waals surface area contributed by atoms with E-state index in [0.717, 1.165) is 33.8 Å². The lowest BCUT2D eigenvalue weighted by Gasteiger charge is -2.58. The van der Waals surface area contributed by atoms with Crippen LogP contribution < -0.4 is 16.0 Å². The Kier molecular flexibility index (Phi) is 13.8. The summed E-state index contributed by atoms with van der Waals surface area (Å²) in [6.07, 6.45) is 4.92. The zero-order chi connectivity index (χ0) is 49.6. The minimum absolute atomic E-state index is 0.0423. The average molecular weight is 951 g/mol. The van der Waals surface area contributed by atoms with Gasteiger partial charge in [-0.1, -0.05) is 61.9 Å². The lowest BCUT2D eigenvalue weighted by molar-refractivity contribution is -0.167. The monoisotopic (exact) mass is 950 g/mol. The molecule has 6 aliphatic rings. The van der Waals surface area contributed by atoms with E-state index < -0.39 is 114 Å². The quantitative estimate of drug-likeness (QED) is 0.0757. The zero-order valence-electron chi connectivity index (χ0n) is 38.8. The Labute approximate surface area is 398 Å². The van der Waals surface area contributed by atoms with Gasteiger partial charge in [0.1, 0.15) is 18.4 Å². The fourth-order valence-corrected chi connectivity index (χ4v) is 11.7. The number of nitrogens with one attached hydrogen (secondary N) is 3. The number of fused-ring (bicyclic) bond motifs is 7. The van der Waals surface area contributed by atoms with Crippen molar-refractivity contribution in [3.63, 3.8) is 0 Å². The summed E-state index contributed by atoms with van der Waals surface area (Å²) in [4.78, 5) is 101. The second kappa shape index (κ2) is 19.3. The van der Waals surface area contributed by atoms with Gasteiger partial charge in [-0.25, -0.2) is 0 Å². The van der Waals surface area contributed by atoms with Gasteiger partial charge in [0.25, 0.3) is 11.8 Å². The van der Waals surface area contributed by atoms with Crippen LogP contribution in [0.5, 0.6) is 0 Å². The summed E-state index contributed by atoms with van der Waals surface area (Å²) in [6.45, 7) is 6.07. The predicted octanol–water partition coefficient (Wildman–Crippen LogP) is 2.96. The van der Waals surface area contributed by atoms with Crippen molar-refractivity contribution < 1.29 is 67.9 Å². The van der Waals surface area contributed by atoms with Crippen LogP contribution in [0.1, 0.15) is 89.2 Å². The van der Waals surface area contributed by atoms with Gasteiger partial charge in [0, 0.05) is 40.2 Å². The largest absolute Gasteiger partial charge is 0.481 e. The molecule has 2 aromatic carbocycles. The van der Waals surface area contributed by atoms with Crippen molar-refractivity contribution in [3.8, 4) is 0 Å². The van der Waals surface area contributed by atoms with E-state index in [1.54, 1.807) is 30.4 Å². The molecule has 0 aromatic heterocycles. The van der Waals surface area contributed by atoms with Crippen molar-refractivity contribution in [3.05, 3.63) is 101 Å². The number of benzene rings is 2. The van der Waals surface area contributed by atoms with Crippen LogP contribution in [0, 0.1) is 28.6 Å². The SMILES string of the molecule is CC(NC(O)CN1C(=O)C=CC1=O)C(=O)N[C@@H](C)C(=O)Nc1cccc(Cc2ccc([C@H]3O[C@H]4C5(C)CC(O)[C@H]6[C@@H](CCC7=CC(=O)C=C[C@@]76C)[C@@H]5C[C@@]4(C(=O)COC(=O)CCC(=O)O)O3)cc2)c1. The van der Waals surface area contributed by atoms with Crippen LogP contribution in [-0.4, -0.2) is 117 Å². The number of carbonyl (C=O) groups excluding carboxylic acids is 7. The number of β-amino-alcohol motifs (C(OH)–C–C–N with tert-alkyl or cyclic N) is 1. The number of carboxylic acid groups (broad SMARTS) is 1. The van der Waals surface area contributed by atoms with Gasteiger partial charge in [-0.2, -0.15) is 0 Å². The number of allylic oxidation sites excluding steroid dienone is 4. The van der Waals surface area contributed by atoms with Gasteiger partial charge in [-0.05, 0) is 93.2 Å². The van der Waals surface area contributed by atoms with Crippen molar-refractivity contribution in [1.29, 1.82) is 0 Å². The Hall–Kier alpha value is -6.18. The van der Waals surface area contributed by atoms with Gasteiger partial charge in [-0.3, -0.25) is 48.6 Å². The maximum absolute atomic E-state index is 14.5. The molecule has 2 aromatic rings. The molecule has 0 radical (unpaired) electrons. The smallest absolute Gasteiger partial charge is 0.306 e. The molecule has 366 valence electrons. The molecule has 0 bridgehead atoms. The lowest BCUT2D eigenvalue weighted by atomic mass is 9.47. The molecule has 18 nitrogen and oxygen atoms in total. The second-order valence-electron chi connectivity index (χ2n) is 19.7. The van der Waals surface area contributed by atoms with E-state index in [0.29, 0.717) is 36.9 Å². The van der Waals surface area contributed by atoms with Gasteiger partial charge in [-0.15, -0.1) is 0 Å². The average Bonchev–Trinajstić information content (AvgIpc) is 3.93. The van der Waals surface area contributed by atoms with Crippen LogP contribution in [0.2, 0.25) is 0 Å². The van der Waals surface area contributed by atoms with Crippen LogP contribution >= 0.6 is 0 Å². The Bertz CT molecular complexity index is 2520. The fraction of sp³-hybridized carbons (Fsp3) is 0.490. The van der Waals surface area contributed by atoms with Crippen LogP contribution in [0.15, 0.2) is 84.5 Å². The number of nitrogens with zero attached hydrogens (tertiary/aromatic N) is 1. The summed E-state index contributed by atoms with van der Waals surface area (Å²) in [7, 11) is 0. The van der Waals surface area contributed by atoms with Crippen molar-refractivity contribution >= 4 is 52.8 Å². The van der Waals surface area contributed by atoms with Crippen molar-refractivity contribution in [2.45, 2.75) is 115 Å². The van der Waals surface area contributed by atoms with E-state index >= 15 is 0 Å². The Balaban J connectivity index is 0.918. The standard InChI is InChI=1S/C51H58N4O14/c1-27(52-39(59)25-55-40(60)14-15-41(55)61)45(65)53-28(2)46(66)54-33-7-5-6-30(21-33)20-29-8-10-31(11-9-29)47-68-48-50(4)24-37(57)44-35(13-12-32-22-34(56)18-19-49(32,44)3)36(50)23-51(48,69-47)38(58)26-67-43(64)17-16-42(62)63/h5-11,14-15,18-19,21-22,27-28,35-37,39,44,47-48,52,57,59H,12-13,16-17,20,23-26H2,1-4H3,(H,53,65)(H,54,66)(H,62,63)/t27?,28-,35-,36-,37?,39?,44+,47-,48-,49-,50?,51-/m0/s1. The van der Waals surface area contributed by atoms with Gasteiger partial charge in [0.05, 0.1) is 31.5 Å². The molecule has 1 saturated heterocycles. The Morgan fingerprint density at radius 1 is 0.913 bits per heavy atom. The number of ether oxygens (including phenoxy) is 3. The summed E-state index contributed by atoms with van der Waals surface area (Å²) < 4.78 is 18.9. The topological polar surface area (TPSA) is 264 Å². The highest BCUT2D eigenvalue weighted by molar-refractivity contribution is 6.13. The normalized spacial score (nSPS) is 31.1. The molecule has 12 atom stereocenters. The Morgan fingerprint density at radius 3 is 2.35 bits per heavy atom. The number of aliphatic hydroxyl groups is 2. The number of aliphatic hydroxyl groups excluding tert-OH is 2. The molecule has 4 amide bonds. The first-order valence-corrected chi connectivity index (χ1v) is 23.3. The number of amides is 4. The third kappa shape index (κ3) is 9.73. The number of aliphatic carboxylic acids is 1. The summed E-state index contributed by atoms with van der Waals surface area (Å²) in [6, 6.07) is 12.8. The summed E-state index contributed by atoms with van der Waals surface area (Å²) in [5, 5.41) is 39.5. The number of imide groups is 1. The van der Waals surface area contributed by atoms with Crippen LogP contribution in [0.25, 0.3) is 0 Å². The number of ketones is 2. The fourth-order valence-electron chi connectivity index (χ4n) is 11.7. The molecular weight excluding hydrogens is 893 g/mol. The highest BCUT2D eigenvalue weighted by atomic mass is 16.7. The number of hydrogen-bond donors (Lipinski definition) is 6. The molecule has 4 unspecified atom stereocenters. The molecule has 2 heterocycles. The molecular formula is C51H58N4O14. The van der Waals surface area contributed by atoms with Crippen molar-refractivity contribution in [2.24, 2.45) is 28.6 Å². The molecule has 4 fully saturated rings. The molecule has 3 saturated carbocycles. The lowest BCUT2D eigenvalue weighted by Crippen LogP contribution is -2.57. The highest BCUT2D eigenvalue weighted by Crippen LogP contribution is 2.69. The molecule has 6 N–H and O–H groups in total. The van der Waals surface area contributed by atoms with Crippen LogP contribution in [-0.2, 0) is 59.0 Å². The number of esters is 1. The van der Waals surface area contributed by atoms with E-state index in [1.165, 1.54) is 13.8 Å². The Morgan fingerprint density at radius 2 is 1.64 bits per heavy atom. The van der Waals surface area contributed by atoms with Gasteiger partial charge in [0.2, 0.25) is 17.6 Å². The van der Waals surface area contributed by atoms with Gasteiger partial charge >= 0.3 is 11.9 Å². The molecule has 69 heavy (non-hydrogen) atoms. The first-order valence-electron chi connectivity index (χ1n) is 23.3. The second-order valence-corrected chi connectivity index (χ2v) is 19.7. The van der Waals surface area contributed by atoms with E-state index in [1.807, 2.05) is 43.3 Å². The maximum Gasteiger partial charge on any atom is 0.306 e. The summed E-state index contributed by atoms with van der Waals surface area (Å²) >= 11 is 0. The van der Waals surface area contributed by atoms with Crippen molar-refractivity contribution in [1.82, 2.24) is 15.5 Å². The number of rotatable bonds is 17. The van der Waals surface area contributed by atoms with E-state index in [-0.39, 0.29) is 36.5 Å². The van der Waals surface area contributed by atoms with Gasteiger partial charge < -0.3 is 40.2 Å². The molecule has 4 aliphatic carbocycles. The molecule has 0 spiro atoms. The molecule has 8 rings (SSSR count). The van der Waals surface area contributed by atoms with E-state index in [2.05, 4.69) is 22.9 Å². The predicted molar refractivity (Wildman–Crippen MR) is 244 cm³/mol.